The second kappa shape index (κ2) is 12.8. The van der Waals surface area contributed by atoms with Gasteiger partial charge in [-0.3, -0.25) is 9.59 Å². The van der Waals surface area contributed by atoms with E-state index in [9.17, 15) is 9.59 Å². The molecule has 0 aliphatic carbocycles. The second-order valence-electron chi connectivity index (χ2n) is 10.1. The molecule has 200 valence electrons. The summed E-state index contributed by atoms with van der Waals surface area (Å²) in [5, 5.41) is 2.18. The molecule has 1 aliphatic rings. The quantitative estimate of drug-likeness (QED) is 0.335. The Kier molecular flexibility index (Phi) is 9.00. The summed E-state index contributed by atoms with van der Waals surface area (Å²) in [6.45, 7) is 4.35. The maximum Gasteiger partial charge on any atom is 0.253 e. The second-order valence-corrected chi connectivity index (χ2v) is 10.9. The number of hydrogen-bond acceptors (Lipinski definition) is 3. The van der Waals surface area contributed by atoms with Gasteiger partial charge in [-0.1, -0.05) is 77.8 Å². The Bertz CT molecular complexity index is 1270. The average molecular weight is 554 g/mol. The zero-order chi connectivity index (χ0) is 28.0. The molecule has 1 aliphatic heterocycles. The zero-order valence-corrected chi connectivity index (χ0v) is 23.5. The van der Waals surface area contributed by atoms with Crippen molar-refractivity contribution in [2.24, 2.45) is 0 Å². The fourth-order valence-electron chi connectivity index (χ4n) is 5.34. The third-order valence-electron chi connectivity index (χ3n) is 7.44. The van der Waals surface area contributed by atoms with E-state index in [2.05, 4.69) is 4.90 Å². The number of nitrogens with zero attached hydrogens (tertiary/aromatic N) is 2. The van der Waals surface area contributed by atoms with E-state index in [0.29, 0.717) is 35.0 Å². The Balaban J connectivity index is 1.47. The van der Waals surface area contributed by atoms with Crippen LogP contribution in [0.25, 0.3) is 0 Å². The number of amides is 2. The first-order valence-electron chi connectivity index (χ1n) is 13.5. The largest absolute Gasteiger partial charge is 0.347 e. The predicted molar refractivity (Wildman–Crippen MR) is 155 cm³/mol. The fourth-order valence-corrected chi connectivity index (χ4v) is 5.65. The van der Waals surface area contributed by atoms with Gasteiger partial charge in [0.2, 0.25) is 5.91 Å². The van der Waals surface area contributed by atoms with E-state index in [1.54, 1.807) is 4.90 Å². The number of likely N-dealkylation sites (tertiary alicyclic amines) is 1. The van der Waals surface area contributed by atoms with Crippen LogP contribution in [-0.2, 0) is 10.3 Å². The summed E-state index contributed by atoms with van der Waals surface area (Å²) in [4.78, 5) is 29.5. The Morgan fingerprint density at radius 1 is 1.00 bits per heavy atom. The van der Waals surface area contributed by atoms with Crippen LogP contribution in [0.2, 0.25) is 11.5 Å². The van der Waals surface area contributed by atoms with Crippen LogP contribution < -0.4 is 5.31 Å². The summed E-state index contributed by atoms with van der Waals surface area (Å²) in [7, 11) is 1.83. The number of carbonyl (C=O) groups excluding carboxylic acids is 2. The van der Waals surface area contributed by atoms with Crippen molar-refractivity contribution in [3.05, 3.63) is 106 Å². The summed E-state index contributed by atoms with van der Waals surface area (Å²) in [5.41, 5.74) is 2.08. The smallest absolute Gasteiger partial charge is 0.253 e. The number of rotatable bonds is 9. The summed E-state index contributed by atoms with van der Waals surface area (Å²) >= 11 is 12.6. The third kappa shape index (κ3) is 6.96. The first-order valence-corrected chi connectivity index (χ1v) is 13.8. The molecule has 1 N–H and O–H groups in total. The summed E-state index contributed by atoms with van der Waals surface area (Å²) < 4.78 is 8.59. The molecule has 1 atom stereocenters. The molecular weight excluding hydrogens is 517 g/mol. The Labute approximate surface area is 237 Å². The number of piperidine rings is 1. The molecule has 0 bridgehead atoms. The van der Waals surface area contributed by atoms with Crippen molar-refractivity contribution < 1.29 is 11.0 Å². The highest BCUT2D eigenvalue weighted by atomic mass is 35.5. The molecule has 3 aromatic carbocycles. The van der Waals surface area contributed by atoms with E-state index in [1.165, 1.54) is 12.2 Å². The Morgan fingerprint density at radius 2 is 1.63 bits per heavy atom. The topological polar surface area (TPSA) is 52.7 Å². The van der Waals surface area contributed by atoms with E-state index in [0.717, 1.165) is 37.2 Å². The molecule has 0 radical (unpaired) electrons. The lowest BCUT2D eigenvalue weighted by molar-refractivity contribution is -0.121. The van der Waals surface area contributed by atoms with Crippen molar-refractivity contribution in [1.29, 1.82) is 0 Å². The molecule has 0 spiro atoms. The minimum absolute atomic E-state index is 0.0222. The van der Waals surface area contributed by atoms with Gasteiger partial charge in [-0.15, -0.1) is 0 Å². The molecule has 1 fully saturated rings. The SMILES string of the molecule is [2H]N(C(C)=O)C1(c2ccccc2)CCN(CC[C@H](CN(C)C(=O)c2ccccc2)c2ccc(Cl)c(Cl)c2)CC1. The number of hydrogen-bond donors (Lipinski definition) is 1. The van der Waals surface area contributed by atoms with E-state index in [-0.39, 0.29) is 17.7 Å². The molecule has 38 heavy (non-hydrogen) atoms. The van der Waals surface area contributed by atoms with Gasteiger partial charge in [0.05, 0.1) is 15.6 Å². The van der Waals surface area contributed by atoms with Crippen LogP contribution in [0, 0.1) is 0 Å². The van der Waals surface area contributed by atoms with Crippen molar-refractivity contribution in [2.45, 2.75) is 37.6 Å². The Morgan fingerprint density at radius 3 is 2.24 bits per heavy atom. The lowest BCUT2D eigenvalue weighted by atomic mass is 9.80. The molecule has 2 amide bonds. The van der Waals surface area contributed by atoms with Gasteiger partial charge in [-0.05, 0) is 61.2 Å². The number of halogens is 2. The van der Waals surface area contributed by atoms with Gasteiger partial charge in [0.25, 0.3) is 5.91 Å². The summed E-state index contributed by atoms with van der Waals surface area (Å²) in [5.74, 6) is -0.215. The van der Waals surface area contributed by atoms with Gasteiger partial charge >= 0.3 is 0 Å². The van der Waals surface area contributed by atoms with Gasteiger partial charge in [0.1, 0.15) is 0 Å². The van der Waals surface area contributed by atoms with E-state index in [1.807, 2.05) is 85.9 Å². The van der Waals surface area contributed by atoms with Crippen LogP contribution in [0.4, 0.5) is 0 Å². The van der Waals surface area contributed by atoms with Gasteiger partial charge < -0.3 is 15.1 Å². The Hall–Kier alpha value is -2.86. The lowest BCUT2D eigenvalue weighted by Gasteiger charge is -2.43. The van der Waals surface area contributed by atoms with Crippen LogP contribution in [0.5, 0.6) is 0 Å². The molecule has 7 heteroatoms. The average Bonchev–Trinajstić information content (AvgIpc) is 2.97. The van der Waals surface area contributed by atoms with Gasteiger partial charge in [-0.2, -0.15) is 0 Å². The van der Waals surface area contributed by atoms with Crippen LogP contribution in [-0.4, -0.2) is 54.8 Å². The minimum Gasteiger partial charge on any atom is -0.347 e. The number of benzene rings is 3. The monoisotopic (exact) mass is 552 g/mol. The highest BCUT2D eigenvalue weighted by Crippen LogP contribution is 2.34. The summed E-state index contributed by atoms with van der Waals surface area (Å²) in [6.07, 6.45) is 2.19. The highest BCUT2D eigenvalue weighted by Gasteiger charge is 2.37. The van der Waals surface area contributed by atoms with Crippen molar-refractivity contribution in [3.8, 4) is 0 Å². The standard InChI is InChI=1S/C31H35Cl2N3O2/c1-23(37)34-31(27-11-7-4-8-12-27)16-19-36(20-17-31)18-15-26(25-13-14-28(32)29(33)21-25)22-35(2)30(38)24-9-5-3-6-10-24/h3-14,21,26H,15-20,22H2,1-2H3,(H,34,37)/t26-/m1/s1/i/hD. The van der Waals surface area contributed by atoms with E-state index < -0.39 is 5.54 Å². The van der Waals surface area contributed by atoms with Crippen LogP contribution in [0.3, 0.4) is 0 Å². The molecule has 1 saturated heterocycles. The van der Waals surface area contributed by atoms with Crippen molar-refractivity contribution >= 4 is 35.0 Å². The molecule has 0 unspecified atom stereocenters. The van der Waals surface area contributed by atoms with Gasteiger partial charge in [0.15, 0.2) is 1.41 Å². The molecule has 5 nitrogen and oxygen atoms in total. The normalized spacial score (nSPS) is 16.4. The molecule has 0 aromatic heterocycles. The van der Waals surface area contributed by atoms with Gasteiger partial charge in [0, 0.05) is 45.1 Å². The zero-order valence-electron chi connectivity index (χ0n) is 22.9. The number of nitrogens with one attached hydrogen (secondary N) is 1. The maximum atomic E-state index is 13.1. The number of likely N-dealkylation sites (N-methyl/N-ethyl adjacent to an activating group) is 1. The minimum atomic E-state index is -0.630. The molecule has 3 aromatic rings. The molecule has 0 saturated carbocycles. The van der Waals surface area contributed by atoms with Crippen LogP contribution in [0.1, 0.15) is 53.6 Å². The molecule has 1 heterocycles. The summed E-state index contributed by atoms with van der Waals surface area (Å²) in [6, 6.07) is 24.9. The lowest BCUT2D eigenvalue weighted by Crippen LogP contribution is -2.52. The van der Waals surface area contributed by atoms with Crippen molar-refractivity contribution in [2.75, 3.05) is 33.2 Å². The van der Waals surface area contributed by atoms with Gasteiger partial charge in [-0.25, -0.2) is 0 Å². The van der Waals surface area contributed by atoms with Crippen molar-refractivity contribution in [1.82, 2.24) is 15.1 Å². The first-order chi connectivity index (χ1) is 18.7. The number of carbonyl (C=O) groups is 2. The third-order valence-corrected chi connectivity index (χ3v) is 8.18. The first kappa shape index (κ1) is 26.7. The van der Waals surface area contributed by atoms with Crippen molar-refractivity contribution in [3.63, 3.8) is 0 Å². The highest BCUT2D eigenvalue weighted by molar-refractivity contribution is 6.42. The van der Waals surface area contributed by atoms with E-state index in [4.69, 9.17) is 24.6 Å². The fraction of sp³-hybridized carbons (Fsp3) is 0.355. The maximum absolute atomic E-state index is 13.1. The molecule has 4 rings (SSSR count). The van der Waals surface area contributed by atoms with Crippen LogP contribution in [0.15, 0.2) is 78.9 Å². The predicted octanol–water partition coefficient (Wildman–Crippen LogP) is 6.37. The van der Waals surface area contributed by atoms with Crippen LogP contribution >= 0.6 is 23.2 Å². The molecular formula is C31H35Cl2N3O2. The van der Waals surface area contributed by atoms with E-state index >= 15 is 0 Å².